The molecular weight excluding hydrogens is 380 g/mol. The summed E-state index contributed by atoms with van der Waals surface area (Å²) in [7, 11) is 3.75. The smallest absolute Gasteiger partial charge is 0.261 e. The van der Waals surface area contributed by atoms with Crippen LogP contribution in [0.15, 0.2) is 41.7 Å². The fourth-order valence-corrected chi connectivity index (χ4v) is 4.25. The minimum Gasteiger partial charge on any atom is -0.356 e. The van der Waals surface area contributed by atoms with E-state index in [4.69, 9.17) is 0 Å². The third-order valence-electron chi connectivity index (χ3n) is 5.87. The molecule has 30 heavy (non-hydrogen) atoms. The number of carbonyl (C=O) groups excluding carboxylic acids is 2. The van der Waals surface area contributed by atoms with Crippen molar-refractivity contribution in [2.75, 3.05) is 33.2 Å². The second-order valence-electron chi connectivity index (χ2n) is 7.87. The van der Waals surface area contributed by atoms with Gasteiger partial charge in [0.1, 0.15) is 0 Å². The van der Waals surface area contributed by atoms with Gasteiger partial charge in [-0.05, 0) is 37.0 Å². The van der Waals surface area contributed by atoms with Crippen LogP contribution in [0, 0.1) is 0 Å². The molecule has 1 N–H and O–H groups in total. The number of unbranched alkanes of at least 4 members (excludes halogenated alkanes) is 1. The number of fused-ring (bicyclic) bond motifs is 1. The Morgan fingerprint density at radius 1 is 1.20 bits per heavy atom. The Morgan fingerprint density at radius 3 is 2.57 bits per heavy atom. The molecular formula is C22H28N6O2. The highest BCUT2D eigenvalue weighted by Crippen LogP contribution is 2.26. The average Bonchev–Trinajstić information content (AvgIpc) is 3.46. The number of aliphatic imine (C=N–C) groups is 1. The van der Waals surface area contributed by atoms with E-state index in [-0.39, 0.29) is 11.8 Å². The molecule has 2 aromatic rings. The summed E-state index contributed by atoms with van der Waals surface area (Å²) >= 11 is 0. The molecule has 1 unspecified atom stereocenters. The lowest BCUT2D eigenvalue weighted by Crippen LogP contribution is -2.40. The van der Waals surface area contributed by atoms with E-state index < -0.39 is 0 Å². The maximum absolute atomic E-state index is 12.4. The number of hydrogen-bond donors (Lipinski definition) is 1. The minimum atomic E-state index is -0.183. The molecule has 0 spiro atoms. The first-order valence-electron chi connectivity index (χ1n) is 10.5. The number of carbonyl (C=O) groups is 2. The van der Waals surface area contributed by atoms with Crippen LogP contribution in [0.1, 0.15) is 51.5 Å². The Bertz CT molecular complexity index is 931. The van der Waals surface area contributed by atoms with Gasteiger partial charge in [0.25, 0.3) is 11.8 Å². The van der Waals surface area contributed by atoms with Crippen LogP contribution < -0.4 is 5.32 Å². The number of amides is 2. The minimum absolute atomic E-state index is 0.183. The van der Waals surface area contributed by atoms with Gasteiger partial charge in [0.05, 0.1) is 17.3 Å². The number of nitrogens with zero attached hydrogens (tertiary/aromatic N) is 5. The number of rotatable bonds is 6. The van der Waals surface area contributed by atoms with Gasteiger partial charge in [-0.1, -0.05) is 12.1 Å². The van der Waals surface area contributed by atoms with Gasteiger partial charge in [0.2, 0.25) is 0 Å². The number of aromatic nitrogens is 2. The van der Waals surface area contributed by atoms with Crippen LogP contribution in [0.2, 0.25) is 0 Å². The second kappa shape index (κ2) is 8.69. The molecule has 1 aromatic heterocycles. The van der Waals surface area contributed by atoms with Gasteiger partial charge in [0, 0.05) is 52.4 Å². The Balaban J connectivity index is 1.21. The first-order valence-corrected chi connectivity index (χ1v) is 10.5. The summed E-state index contributed by atoms with van der Waals surface area (Å²) in [5.74, 6) is 1.02. The number of nitrogens with one attached hydrogen (secondary N) is 1. The Morgan fingerprint density at radius 2 is 1.93 bits per heavy atom. The van der Waals surface area contributed by atoms with Crippen LogP contribution in [0.3, 0.4) is 0 Å². The van der Waals surface area contributed by atoms with Crippen LogP contribution in [-0.4, -0.2) is 70.6 Å². The maximum atomic E-state index is 12.4. The van der Waals surface area contributed by atoms with E-state index in [1.807, 2.05) is 17.9 Å². The summed E-state index contributed by atoms with van der Waals surface area (Å²) in [5, 5.41) is 7.70. The Kier molecular flexibility index (Phi) is 5.83. The third-order valence-corrected chi connectivity index (χ3v) is 5.87. The molecule has 2 amide bonds. The van der Waals surface area contributed by atoms with Crippen molar-refractivity contribution in [3.8, 4) is 0 Å². The van der Waals surface area contributed by atoms with Crippen LogP contribution >= 0.6 is 0 Å². The van der Waals surface area contributed by atoms with E-state index in [0.29, 0.717) is 23.6 Å². The highest BCUT2D eigenvalue weighted by atomic mass is 16.2. The van der Waals surface area contributed by atoms with Crippen molar-refractivity contribution in [1.29, 1.82) is 0 Å². The Labute approximate surface area is 176 Å². The van der Waals surface area contributed by atoms with Crippen molar-refractivity contribution in [3.05, 3.63) is 53.3 Å². The molecule has 1 saturated heterocycles. The maximum Gasteiger partial charge on any atom is 0.261 e. The molecule has 158 valence electrons. The van der Waals surface area contributed by atoms with Crippen LogP contribution in [0.5, 0.6) is 0 Å². The number of likely N-dealkylation sites (tertiary alicyclic amines) is 1. The summed E-state index contributed by atoms with van der Waals surface area (Å²) in [6.45, 7) is 3.10. The first kappa shape index (κ1) is 20.1. The summed E-state index contributed by atoms with van der Waals surface area (Å²) in [6.07, 6.45) is 6.74. The fraction of sp³-hybridized carbons (Fsp3) is 0.455. The zero-order valence-electron chi connectivity index (χ0n) is 17.5. The highest BCUT2D eigenvalue weighted by Gasteiger charge is 2.34. The predicted octanol–water partition coefficient (Wildman–Crippen LogP) is 1.86. The quantitative estimate of drug-likeness (QED) is 0.341. The molecule has 0 aliphatic carbocycles. The summed E-state index contributed by atoms with van der Waals surface area (Å²) in [4.78, 5) is 32.9. The van der Waals surface area contributed by atoms with Crippen molar-refractivity contribution < 1.29 is 9.59 Å². The van der Waals surface area contributed by atoms with Crippen molar-refractivity contribution in [2.24, 2.45) is 12.0 Å². The monoisotopic (exact) mass is 408 g/mol. The molecule has 4 rings (SSSR count). The zero-order chi connectivity index (χ0) is 21.1. The van der Waals surface area contributed by atoms with Crippen LogP contribution in [0.25, 0.3) is 0 Å². The van der Waals surface area contributed by atoms with E-state index in [1.54, 1.807) is 31.3 Å². The number of benzene rings is 1. The van der Waals surface area contributed by atoms with Gasteiger partial charge in [0.15, 0.2) is 5.96 Å². The molecule has 0 radical (unpaired) electrons. The van der Waals surface area contributed by atoms with Gasteiger partial charge in [-0.25, -0.2) is 0 Å². The molecule has 1 atom stereocenters. The topological polar surface area (TPSA) is 82.8 Å². The van der Waals surface area contributed by atoms with E-state index in [1.165, 1.54) is 10.5 Å². The zero-order valence-corrected chi connectivity index (χ0v) is 17.5. The van der Waals surface area contributed by atoms with Gasteiger partial charge in [-0.2, -0.15) is 5.10 Å². The van der Waals surface area contributed by atoms with E-state index in [9.17, 15) is 9.59 Å². The van der Waals surface area contributed by atoms with E-state index in [2.05, 4.69) is 26.5 Å². The van der Waals surface area contributed by atoms with Gasteiger partial charge < -0.3 is 10.2 Å². The standard InChI is InChI=1S/C22H28N6O2/c1-23-22(27-12-9-16(15-27)17-13-25-26(2)14-17)24-10-5-6-11-28-20(29)18-7-3-4-8-19(18)21(28)30/h3-4,7-8,13-14,16H,5-6,9-12,15H2,1-2H3,(H,23,24). The molecule has 3 heterocycles. The summed E-state index contributed by atoms with van der Waals surface area (Å²) < 4.78 is 1.85. The van der Waals surface area contributed by atoms with E-state index >= 15 is 0 Å². The lowest BCUT2D eigenvalue weighted by molar-refractivity contribution is 0.0652. The molecule has 2 aliphatic rings. The number of guanidine groups is 1. The number of hydrogen-bond acceptors (Lipinski definition) is 4. The molecule has 8 nitrogen and oxygen atoms in total. The lowest BCUT2D eigenvalue weighted by Gasteiger charge is -2.22. The third kappa shape index (κ3) is 3.94. The van der Waals surface area contributed by atoms with Crippen molar-refractivity contribution in [2.45, 2.75) is 25.2 Å². The molecule has 0 saturated carbocycles. The molecule has 0 bridgehead atoms. The molecule has 8 heteroatoms. The fourth-order valence-electron chi connectivity index (χ4n) is 4.25. The normalized spacial score (nSPS) is 19.0. The van der Waals surface area contributed by atoms with E-state index in [0.717, 1.165) is 44.9 Å². The largest absolute Gasteiger partial charge is 0.356 e. The van der Waals surface area contributed by atoms with Crippen LogP contribution in [-0.2, 0) is 7.05 Å². The van der Waals surface area contributed by atoms with Crippen molar-refractivity contribution in [3.63, 3.8) is 0 Å². The summed E-state index contributed by atoms with van der Waals surface area (Å²) in [5.41, 5.74) is 2.30. The highest BCUT2D eigenvalue weighted by molar-refractivity contribution is 6.21. The van der Waals surface area contributed by atoms with Crippen LogP contribution in [0.4, 0.5) is 0 Å². The molecule has 1 fully saturated rings. The molecule has 1 aromatic carbocycles. The number of aryl methyl sites for hydroxylation is 1. The first-order chi connectivity index (χ1) is 14.6. The van der Waals surface area contributed by atoms with Crippen molar-refractivity contribution in [1.82, 2.24) is 24.9 Å². The van der Waals surface area contributed by atoms with Gasteiger partial charge >= 0.3 is 0 Å². The number of imide groups is 1. The lowest BCUT2D eigenvalue weighted by atomic mass is 10.0. The van der Waals surface area contributed by atoms with Gasteiger partial charge in [-0.3, -0.25) is 24.2 Å². The van der Waals surface area contributed by atoms with Crippen molar-refractivity contribution >= 4 is 17.8 Å². The summed E-state index contributed by atoms with van der Waals surface area (Å²) in [6, 6.07) is 7.02. The predicted molar refractivity (Wildman–Crippen MR) is 115 cm³/mol. The molecule has 2 aliphatic heterocycles. The Hall–Kier alpha value is -3.16. The van der Waals surface area contributed by atoms with Gasteiger partial charge in [-0.15, -0.1) is 0 Å². The SMILES string of the molecule is CN=C(NCCCCN1C(=O)c2ccccc2C1=O)N1CCC(c2cnn(C)c2)C1. The average molecular weight is 409 g/mol. The second-order valence-corrected chi connectivity index (χ2v) is 7.87.